The van der Waals surface area contributed by atoms with Gasteiger partial charge in [-0.15, -0.1) is 0 Å². The molecule has 0 atom stereocenters. The lowest BCUT2D eigenvalue weighted by molar-refractivity contribution is 0.0687. The second kappa shape index (κ2) is 5.22. The van der Waals surface area contributed by atoms with Crippen LogP contribution in [0.5, 0.6) is 11.5 Å². The molecule has 5 nitrogen and oxygen atoms in total. The summed E-state index contributed by atoms with van der Waals surface area (Å²) in [6.45, 7) is 0. The Labute approximate surface area is 108 Å². The average Bonchev–Trinajstić information content (AvgIpc) is 2.39. The van der Waals surface area contributed by atoms with Gasteiger partial charge in [-0.1, -0.05) is 18.2 Å². The molecule has 0 bridgehead atoms. The van der Waals surface area contributed by atoms with Crippen LogP contribution in [-0.2, 0) is 0 Å². The van der Waals surface area contributed by atoms with Gasteiger partial charge in [0.25, 0.3) is 0 Å². The molecule has 0 aliphatic carbocycles. The zero-order chi connectivity index (χ0) is 13.8. The standard InChI is InChI=1S/C14H10O5/c15-11-6-10(13(16)17)7-12(8-11)19-14(18)9-4-2-1-3-5-9/h1-8,15H,(H,16,17). The van der Waals surface area contributed by atoms with Gasteiger partial charge in [0.2, 0.25) is 0 Å². The van der Waals surface area contributed by atoms with Crippen molar-refractivity contribution < 1.29 is 24.5 Å². The second-order valence-electron chi connectivity index (χ2n) is 3.78. The van der Waals surface area contributed by atoms with Crippen molar-refractivity contribution in [2.75, 3.05) is 0 Å². The molecule has 0 saturated heterocycles. The topological polar surface area (TPSA) is 83.8 Å². The molecule has 0 aromatic heterocycles. The number of aromatic carboxylic acids is 1. The largest absolute Gasteiger partial charge is 0.508 e. The molecule has 0 fully saturated rings. The number of esters is 1. The van der Waals surface area contributed by atoms with Gasteiger partial charge in [0, 0.05) is 6.07 Å². The SMILES string of the molecule is O=C(O)c1cc(O)cc(OC(=O)c2ccccc2)c1. The van der Waals surface area contributed by atoms with E-state index in [0.717, 1.165) is 6.07 Å². The Morgan fingerprint density at radius 3 is 2.26 bits per heavy atom. The molecule has 0 heterocycles. The van der Waals surface area contributed by atoms with Gasteiger partial charge in [-0.2, -0.15) is 0 Å². The van der Waals surface area contributed by atoms with E-state index in [4.69, 9.17) is 9.84 Å². The summed E-state index contributed by atoms with van der Waals surface area (Å²) in [6.07, 6.45) is 0. The lowest BCUT2D eigenvalue weighted by Crippen LogP contribution is -2.08. The molecular formula is C14H10O5. The van der Waals surface area contributed by atoms with E-state index in [1.165, 1.54) is 12.1 Å². The number of carboxylic acids is 1. The highest BCUT2D eigenvalue weighted by Crippen LogP contribution is 2.22. The number of hydrogen-bond donors (Lipinski definition) is 2. The van der Waals surface area contributed by atoms with Crippen LogP contribution in [0, 0.1) is 0 Å². The number of benzene rings is 2. The molecule has 2 aromatic rings. The number of carbonyl (C=O) groups is 2. The van der Waals surface area contributed by atoms with E-state index < -0.39 is 11.9 Å². The molecule has 0 unspecified atom stereocenters. The molecule has 5 heteroatoms. The lowest BCUT2D eigenvalue weighted by atomic mass is 10.2. The second-order valence-corrected chi connectivity index (χ2v) is 3.78. The Morgan fingerprint density at radius 2 is 1.63 bits per heavy atom. The molecule has 96 valence electrons. The highest BCUT2D eigenvalue weighted by molar-refractivity contribution is 5.92. The smallest absolute Gasteiger partial charge is 0.343 e. The Hall–Kier alpha value is -2.82. The third kappa shape index (κ3) is 3.10. The fourth-order valence-electron chi connectivity index (χ4n) is 1.51. The normalized spacial score (nSPS) is 9.89. The number of ether oxygens (including phenoxy) is 1. The Bertz CT molecular complexity index is 619. The predicted molar refractivity (Wildman–Crippen MR) is 66.5 cm³/mol. The maximum atomic E-state index is 11.8. The maximum absolute atomic E-state index is 11.8. The molecule has 0 aliphatic heterocycles. The summed E-state index contributed by atoms with van der Waals surface area (Å²) in [5.74, 6) is -2.14. The summed E-state index contributed by atoms with van der Waals surface area (Å²) >= 11 is 0. The fourth-order valence-corrected chi connectivity index (χ4v) is 1.51. The van der Waals surface area contributed by atoms with Crippen LogP contribution < -0.4 is 4.74 Å². The van der Waals surface area contributed by atoms with Crippen molar-refractivity contribution in [3.63, 3.8) is 0 Å². The van der Waals surface area contributed by atoms with Crippen molar-refractivity contribution in [2.45, 2.75) is 0 Å². The molecule has 0 radical (unpaired) electrons. The number of phenols is 1. The number of carboxylic acid groups (broad SMARTS) is 1. The molecule has 2 N–H and O–H groups in total. The third-order valence-electron chi connectivity index (χ3n) is 2.36. The molecule has 0 aliphatic rings. The summed E-state index contributed by atoms with van der Waals surface area (Å²) in [5.41, 5.74) is 0.179. The zero-order valence-electron chi connectivity index (χ0n) is 9.74. The van der Waals surface area contributed by atoms with E-state index in [1.54, 1.807) is 30.3 Å². The van der Waals surface area contributed by atoms with Gasteiger partial charge in [0.15, 0.2) is 0 Å². The zero-order valence-corrected chi connectivity index (χ0v) is 9.74. The highest BCUT2D eigenvalue weighted by Gasteiger charge is 2.12. The van der Waals surface area contributed by atoms with Crippen LogP contribution in [0.4, 0.5) is 0 Å². The third-order valence-corrected chi connectivity index (χ3v) is 2.36. The van der Waals surface area contributed by atoms with E-state index in [2.05, 4.69) is 0 Å². The van der Waals surface area contributed by atoms with Crippen LogP contribution >= 0.6 is 0 Å². The minimum absolute atomic E-state index is 0.0220. The van der Waals surface area contributed by atoms with Crippen molar-refractivity contribution >= 4 is 11.9 Å². The van der Waals surface area contributed by atoms with Crippen molar-refractivity contribution in [2.24, 2.45) is 0 Å². The number of phenolic OH excluding ortho intramolecular Hbond substituents is 1. The minimum atomic E-state index is -1.21. The van der Waals surface area contributed by atoms with E-state index in [1.807, 2.05) is 0 Å². The van der Waals surface area contributed by atoms with Gasteiger partial charge in [0.05, 0.1) is 11.1 Å². The minimum Gasteiger partial charge on any atom is -0.508 e. The molecule has 19 heavy (non-hydrogen) atoms. The first-order valence-corrected chi connectivity index (χ1v) is 5.41. The van der Waals surface area contributed by atoms with Gasteiger partial charge in [-0.25, -0.2) is 9.59 Å². The molecule has 0 spiro atoms. The fraction of sp³-hybridized carbons (Fsp3) is 0. The Morgan fingerprint density at radius 1 is 0.947 bits per heavy atom. The number of aromatic hydroxyl groups is 1. The van der Waals surface area contributed by atoms with Crippen LogP contribution in [0.15, 0.2) is 48.5 Å². The van der Waals surface area contributed by atoms with Crippen molar-refractivity contribution in [1.82, 2.24) is 0 Å². The van der Waals surface area contributed by atoms with Crippen LogP contribution in [0.3, 0.4) is 0 Å². The Balaban J connectivity index is 2.24. The summed E-state index contributed by atoms with van der Waals surface area (Å²) in [4.78, 5) is 22.6. The van der Waals surface area contributed by atoms with Crippen LogP contribution in [-0.4, -0.2) is 22.2 Å². The quantitative estimate of drug-likeness (QED) is 0.652. The maximum Gasteiger partial charge on any atom is 0.343 e. The van der Waals surface area contributed by atoms with Gasteiger partial charge >= 0.3 is 11.9 Å². The van der Waals surface area contributed by atoms with E-state index in [0.29, 0.717) is 5.56 Å². The summed E-state index contributed by atoms with van der Waals surface area (Å²) in [5, 5.41) is 18.2. The van der Waals surface area contributed by atoms with Crippen LogP contribution in [0.25, 0.3) is 0 Å². The van der Waals surface area contributed by atoms with Crippen molar-refractivity contribution in [3.05, 3.63) is 59.7 Å². The number of rotatable bonds is 3. The van der Waals surface area contributed by atoms with Gasteiger partial charge in [-0.05, 0) is 24.3 Å². The molecule has 2 rings (SSSR count). The lowest BCUT2D eigenvalue weighted by Gasteiger charge is -2.06. The van der Waals surface area contributed by atoms with Gasteiger partial charge < -0.3 is 14.9 Å². The molecule has 2 aromatic carbocycles. The first kappa shape index (κ1) is 12.6. The monoisotopic (exact) mass is 258 g/mol. The number of hydrogen-bond acceptors (Lipinski definition) is 4. The molecule has 0 amide bonds. The summed E-state index contributed by atoms with van der Waals surface area (Å²) < 4.78 is 5.01. The van der Waals surface area contributed by atoms with Crippen LogP contribution in [0.2, 0.25) is 0 Å². The van der Waals surface area contributed by atoms with E-state index in [-0.39, 0.29) is 17.1 Å². The van der Waals surface area contributed by atoms with Gasteiger partial charge in [-0.3, -0.25) is 0 Å². The van der Waals surface area contributed by atoms with Gasteiger partial charge in [0.1, 0.15) is 11.5 Å². The van der Waals surface area contributed by atoms with Crippen LogP contribution in [0.1, 0.15) is 20.7 Å². The van der Waals surface area contributed by atoms with Crippen molar-refractivity contribution in [3.8, 4) is 11.5 Å². The summed E-state index contributed by atoms with van der Waals surface area (Å²) in [7, 11) is 0. The first-order valence-electron chi connectivity index (χ1n) is 5.41. The predicted octanol–water partition coefficient (Wildman–Crippen LogP) is 2.31. The Kier molecular flexibility index (Phi) is 3.47. The number of carbonyl (C=O) groups excluding carboxylic acids is 1. The highest BCUT2D eigenvalue weighted by atomic mass is 16.5. The van der Waals surface area contributed by atoms with E-state index in [9.17, 15) is 14.7 Å². The first-order chi connectivity index (χ1) is 9.06. The van der Waals surface area contributed by atoms with E-state index >= 15 is 0 Å². The van der Waals surface area contributed by atoms with Crippen molar-refractivity contribution in [1.29, 1.82) is 0 Å². The summed E-state index contributed by atoms with van der Waals surface area (Å²) in [6, 6.07) is 11.7. The average molecular weight is 258 g/mol. The molecule has 0 saturated carbocycles. The molecular weight excluding hydrogens is 248 g/mol.